The Labute approximate surface area is 91.3 Å². The van der Waals surface area contributed by atoms with Crippen molar-refractivity contribution in [3.05, 3.63) is 11.9 Å². The van der Waals surface area contributed by atoms with Crippen LogP contribution in [0.3, 0.4) is 0 Å². The molecule has 0 aliphatic rings. The van der Waals surface area contributed by atoms with Crippen molar-refractivity contribution >= 4 is 0 Å². The zero-order valence-corrected chi connectivity index (χ0v) is 9.85. The van der Waals surface area contributed by atoms with Crippen LogP contribution in [0, 0.1) is 5.92 Å². The van der Waals surface area contributed by atoms with Crippen LogP contribution in [0.5, 0.6) is 0 Å². The smallest absolute Gasteiger partial charge is 0.111 e. The second-order valence-corrected chi connectivity index (χ2v) is 4.18. The maximum absolute atomic E-state index is 9.56. The third-order valence-corrected chi connectivity index (χ3v) is 2.56. The lowest BCUT2D eigenvalue weighted by atomic mass is 10.1. The second kappa shape index (κ2) is 5.85. The molecule has 15 heavy (non-hydrogen) atoms. The van der Waals surface area contributed by atoms with Crippen LogP contribution in [-0.4, -0.2) is 20.1 Å². The van der Waals surface area contributed by atoms with E-state index in [4.69, 9.17) is 0 Å². The SMILES string of the molecule is CCCC(C)Cn1cc(C(O)CC)nn1. The highest BCUT2D eigenvalue weighted by Gasteiger charge is 2.10. The lowest BCUT2D eigenvalue weighted by Crippen LogP contribution is -2.07. The minimum absolute atomic E-state index is 0.472. The summed E-state index contributed by atoms with van der Waals surface area (Å²) in [4.78, 5) is 0. The van der Waals surface area contributed by atoms with E-state index in [1.165, 1.54) is 12.8 Å². The molecule has 86 valence electrons. The molecule has 0 saturated carbocycles. The van der Waals surface area contributed by atoms with E-state index in [-0.39, 0.29) is 0 Å². The largest absolute Gasteiger partial charge is 0.387 e. The minimum Gasteiger partial charge on any atom is -0.387 e. The van der Waals surface area contributed by atoms with Crippen molar-refractivity contribution in [2.24, 2.45) is 5.92 Å². The van der Waals surface area contributed by atoms with Crippen LogP contribution in [-0.2, 0) is 6.54 Å². The fourth-order valence-corrected chi connectivity index (χ4v) is 1.67. The van der Waals surface area contributed by atoms with Crippen LogP contribution in [0.4, 0.5) is 0 Å². The van der Waals surface area contributed by atoms with Crippen molar-refractivity contribution in [3.8, 4) is 0 Å². The molecule has 0 fully saturated rings. The summed E-state index contributed by atoms with van der Waals surface area (Å²) in [6.07, 6.45) is 4.45. The van der Waals surface area contributed by atoms with Gasteiger partial charge >= 0.3 is 0 Å². The molecule has 4 heteroatoms. The summed E-state index contributed by atoms with van der Waals surface area (Å²) in [5, 5.41) is 17.5. The Hall–Kier alpha value is -0.900. The normalized spacial score (nSPS) is 15.2. The van der Waals surface area contributed by atoms with Gasteiger partial charge in [-0.1, -0.05) is 32.4 Å². The van der Waals surface area contributed by atoms with Crippen LogP contribution in [0.25, 0.3) is 0 Å². The highest BCUT2D eigenvalue weighted by Crippen LogP contribution is 2.13. The van der Waals surface area contributed by atoms with Crippen molar-refractivity contribution < 1.29 is 5.11 Å². The van der Waals surface area contributed by atoms with Gasteiger partial charge in [0.05, 0.1) is 12.3 Å². The average molecular weight is 211 g/mol. The molecule has 0 saturated heterocycles. The maximum atomic E-state index is 9.56. The summed E-state index contributed by atoms with van der Waals surface area (Å²) in [6, 6.07) is 0. The number of aliphatic hydroxyl groups excluding tert-OH is 1. The topological polar surface area (TPSA) is 50.9 Å². The first-order valence-electron chi connectivity index (χ1n) is 5.75. The summed E-state index contributed by atoms with van der Waals surface area (Å²) >= 11 is 0. The van der Waals surface area contributed by atoms with Crippen molar-refractivity contribution in [3.63, 3.8) is 0 Å². The summed E-state index contributed by atoms with van der Waals surface area (Å²) < 4.78 is 1.83. The van der Waals surface area contributed by atoms with Crippen LogP contribution in [0.1, 0.15) is 51.8 Å². The standard InChI is InChI=1S/C11H21N3O/c1-4-6-9(3)7-14-8-10(12-13-14)11(15)5-2/h8-9,11,15H,4-7H2,1-3H3. The molecule has 0 bridgehead atoms. The molecule has 0 aliphatic heterocycles. The van der Waals surface area contributed by atoms with Crippen molar-refractivity contribution in [1.82, 2.24) is 15.0 Å². The van der Waals surface area contributed by atoms with Gasteiger partial charge in [0.25, 0.3) is 0 Å². The predicted octanol–water partition coefficient (Wildman–Crippen LogP) is 2.16. The molecule has 1 rings (SSSR count). The number of nitrogens with zero attached hydrogens (tertiary/aromatic N) is 3. The van der Waals surface area contributed by atoms with E-state index in [9.17, 15) is 5.11 Å². The number of aliphatic hydroxyl groups is 1. The number of rotatable bonds is 6. The first kappa shape index (κ1) is 12.2. The van der Waals surface area contributed by atoms with Gasteiger partial charge in [0.1, 0.15) is 5.69 Å². The van der Waals surface area contributed by atoms with E-state index in [0.717, 1.165) is 6.54 Å². The fourth-order valence-electron chi connectivity index (χ4n) is 1.67. The first-order valence-corrected chi connectivity index (χ1v) is 5.75. The Morgan fingerprint density at radius 1 is 1.47 bits per heavy atom. The summed E-state index contributed by atoms with van der Waals surface area (Å²) in [5.74, 6) is 0.614. The second-order valence-electron chi connectivity index (χ2n) is 4.18. The lowest BCUT2D eigenvalue weighted by molar-refractivity contribution is 0.168. The fraction of sp³-hybridized carbons (Fsp3) is 0.818. The number of aromatic nitrogens is 3. The molecule has 0 aliphatic carbocycles. The molecule has 0 aromatic carbocycles. The molecule has 2 atom stereocenters. The van der Waals surface area contributed by atoms with Crippen LogP contribution >= 0.6 is 0 Å². The zero-order chi connectivity index (χ0) is 11.3. The van der Waals surface area contributed by atoms with Crippen LogP contribution < -0.4 is 0 Å². The summed E-state index contributed by atoms with van der Waals surface area (Å²) in [6.45, 7) is 7.21. The van der Waals surface area contributed by atoms with Gasteiger partial charge in [0, 0.05) is 6.54 Å². The highest BCUT2D eigenvalue weighted by molar-refractivity contribution is 4.96. The Balaban J connectivity index is 2.52. The highest BCUT2D eigenvalue weighted by atomic mass is 16.3. The minimum atomic E-state index is -0.472. The Morgan fingerprint density at radius 2 is 2.20 bits per heavy atom. The quantitative estimate of drug-likeness (QED) is 0.784. The molecule has 0 spiro atoms. The summed E-state index contributed by atoms with van der Waals surface area (Å²) in [7, 11) is 0. The molecule has 4 nitrogen and oxygen atoms in total. The van der Waals surface area contributed by atoms with E-state index < -0.39 is 6.10 Å². The van der Waals surface area contributed by atoms with Gasteiger partial charge in [-0.2, -0.15) is 0 Å². The van der Waals surface area contributed by atoms with E-state index >= 15 is 0 Å². The van der Waals surface area contributed by atoms with Gasteiger partial charge in [0.15, 0.2) is 0 Å². The summed E-state index contributed by atoms with van der Waals surface area (Å²) in [5.41, 5.74) is 0.682. The first-order chi connectivity index (χ1) is 7.17. The third kappa shape index (κ3) is 3.63. The Bertz CT molecular complexity index is 285. The molecule has 1 N–H and O–H groups in total. The van der Waals surface area contributed by atoms with Gasteiger partial charge in [-0.3, -0.25) is 4.68 Å². The maximum Gasteiger partial charge on any atom is 0.111 e. The molecule has 1 aromatic rings. The van der Waals surface area contributed by atoms with Gasteiger partial charge in [-0.05, 0) is 18.8 Å². The van der Waals surface area contributed by atoms with E-state index in [1.807, 2.05) is 17.8 Å². The molecule has 1 aromatic heterocycles. The van der Waals surface area contributed by atoms with Crippen LogP contribution in [0.2, 0.25) is 0 Å². The predicted molar refractivity (Wildman–Crippen MR) is 59.3 cm³/mol. The molecular formula is C11H21N3O. The van der Waals surface area contributed by atoms with Gasteiger partial charge in [-0.15, -0.1) is 5.10 Å². The van der Waals surface area contributed by atoms with Crippen molar-refractivity contribution in [2.75, 3.05) is 0 Å². The van der Waals surface area contributed by atoms with Crippen molar-refractivity contribution in [1.29, 1.82) is 0 Å². The number of hydrogen-bond donors (Lipinski definition) is 1. The Kier molecular flexibility index (Phi) is 4.75. The molecule has 0 radical (unpaired) electrons. The molecular weight excluding hydrogens is 190 g/mol. The monoisotopic (exact) mass is 211 g/mol. The van der Waals surface area contributed by atoms with E-state index in [2.05, 4.69) is 24.2 Å². The number of hydrogen-bond acceptors (Lipinski definition) is 3. The van der Waals surface area contributed by atoms with Gasteiger partial charge < -0.3 is 5.11 Å². The zero-order valence-electron chi connectivity index (χ0n) is 9.85. The van der Waals surface area contributed by atoms with Gasteiger partial charge in [-0.25, -0.2) is 0 Å². The van der Waals surface area contributed by atoms with Crippen LogP contribution in [0.15, 0.2) is 6.20 Å². The third-order valence-electron chi connectivity index (χ3n) is 2.56. The van der Waals surface area contributed by atoms with E-state index in [0.29, 0.717) is 18.0 Å². The van der Waals surface area contributed by atoms with Gasteiger partial charge in [0.2, 0.25) is 0 Å². The molecule has 1 heterocycles. The molecule has 0 amide bonds. The average Bonchev–Trinajstić information content (AvgIpc) is 2.65. The van der Waals surface area contributed by atoms with Crippen molar-refractivity contribution in [2.45, 2.75) is 52.7 Å². The molecule has 2 unspecified atom stereocenters. The lowest BCUT2D eigenvalue weighted by Gasteiger charge is -2.08. The Morgan fingerprint density at radius 3 is 2.80 bits per heavy atom. The van der Waals surface area contributed by atoms with E-state index in [1.54, 1.807) is 0 Å².